The number of carbonyl (C=O) groups is 1. The second kappa shape index (κ2) is 5.49. The Morgan fingerprint density at radius 1 is 1.37 bits per heavy atom. The molecule has 0 atom stereocenters. The molecule has 3 nitrogen and oxygen atoms in total. The van der Waals surface area contributed by atoms with Gasteiger partial charge in [0.05, 0.1) is 0 Å². The average molecular weight is 263 g/mol. The molecule has 0 radical (unpaired) electrons. The number of aryl methyl sites for hydroxylation is 1. The molecule has 0 fully saturated rings. The fraction of sp³-hybridized carbons (Fsp3) is 0.688. The Hall–Kier alpha value is -1.09. The highest BCUT2D eigenvalue weighted by Crippen LogP contribution is 2.36. The predicted molar refractivity (Wildman–Crippen MR) is 76.7 cm³/mol. The van der Waals surface area contributed by atoms with E-state index < -0.39 is 0 Å². The quantitative estimate of drug-likeness (QED) is 0.763. The van der Waals surface area contributed by atoms with E-state index in [-0.39, 0.29) is 5.41 Å². The Morgan fingerprint density at radius 3 is 2.79 bits per heavy atom. The molecule has 0 spiro atoms. The van der Waals surface area contributed by atoms with E-state index in [1.165, 1.54) is 11.4 Å². The van der Waals surface area contributed by atoms with Crippen LogP contribution in [0, 0.1) is 12.3 Å². The third-order valence-corrected chi connectivity index (χ3v) is 3.88. The number of rotatable bonds is 5. The largest absolute Gasteiger partial charge is 0.382 e. The van der Waals surface area contributed by atoms with Crippen molar-refractivity contribution in [3.63, 3.8) is 0 Å². The van der Waals surface area contributed by atoms with Gasteiger partial charge in [-0.15, -0.1) is 0 Å². The molecule has 0 amide bonds. The molecule has 1 aliphatic rings. The van der Waals surface area contributed by atoms with Crippen molar-refractivity contribution in [1.82, 2.24) is 4.57 Å². The summed E-state index contributed by atoms with van der Waals surface area (Å²) in [5.74, 6) is 0.304. The van der Waals surface area contributed by atoms with Crippen molar-refractivity contribution in [3.8, 4) is 0 Å². The Labute approximate surface area is 115 Å². The van der Waals surface area contributed by atoms with Crippen LogP contribution in [0.5, 0.6) is 0 Å². The van der Waals surface area contributed by atoms with Crippen LogP contribution in [0.1, 0.15) is 55.4 Å². The Bertz CT molecular complexity index is 471. The van der Waals surface area contributed by atoms with Crippen molar-refractivity contribution < 1.29 is 9.53 Å². The van der Waals surface area contributed by atoms with Crippen LogP contribution in [0.15, 0.2) is 6.07 Å². The van der Waals surface area contributed by atoms with Gasteiger partial charge in [-0.1, -0.05) is 13.8 Å². The van der Waals surface area contributed by atoms with Gasteiger partial charge in [0.25, 0.3) is 0 Å². The number of hydrogen-bond donors (Lipinski definition) is 0. The molecule has 19 heavy (non-hydrogen) atoms. The van der Waals surface area contributed by atoms with Crippen LogP contribution in [0.4, 0.5) is 0 Å². The highest BCUT2D eigenvalue weighted by Gasteiger charge is 2.33. The van der Waals surface area contributed by atoms with Gasteiger partial charge in [-0.25, -0.2) is 0 Å². The van der Waals surface area contributed by atoms with Crippen LogP contribution in [0.3, 0.4) is 0 Å². The van der Waals surface area contributed by atoms with Gasteiger partial charge in [-0.05, 0) is 38.2 Å². The fourth-order valence-corrected chi connectivity index (χ4v) is 2.99. The third-order valence-electron chi connectivity index (χ3n) is 3.88. The summed E-state index contributed by atoms with van der Waals surface area (Å²) in [4.78, 5) is 12.2. The van der Waals surface area contributed by atoms with E-state index in [1.807, 2.05) is 6.92 Å². The summed E-state index contributed by atoms with van der Waals surface area (Å²) in [5.41, 5.74) is 3.48. The molecule has 3 heteroatoms. The molecule has 0 saturated carbocycles. The average Bonchev–Trinajstić information content (AvgIpc) is 2.61. The molecule has 2 rings (SSSR count). The number of carbonyl (C=O) groups excluding carboxylic acids is 1. The van der Waals surface area contributed by atoms with Crippen molar-refractivity contribution in [2.24, 2.45) is 5.41 Å². The second-order valence-corrected chi connectivity index (χ2v) is 6.29. The SMILES string of the molecule is CCOCCCn1c(C)cc2c1CC(C)(C)CC2=O. The topological polar surface area (TPSA) is 31.2 Å². The van der Waals surface area contributed by atoms with E-state index in [9.17, 15) is 4.79 Å². The maximum absolute atomic E-state index is 12.2. The highest BCUT2D eigenvalue weighted by atomic mass is 16.5. The van der Waals surface area contributed by atoms with E-state index in [2.05, 4.69) is 31.4 Å². The van der Waals surface area contributed by atoms with Crippen molar-refractivity contribution in [2.75, 3.05) is 13.2 Å². The monoisotopic (exact) mass is 263 g/mol. The lowest BCUT2D eigenvalue weighted by Gasteiger charge is -2.29. The minimum Gasteiger partial charge on any atom is -0.382 e. The zero-order valence-electron chi connectivity index (χ0n) is 12.6. The number of nitrogens with zero attached hydrogens (tertiary/aromatic N) is 1. The molecule has 0 aromatic carbocycles. The van der Waals surface area contributed by atoms with Gasteiger partial charge >= 0.3 is 0 Å². The van der Waals surface area contributed by atoms with Gasteiger partial charge in [0.2, 0.25) is 0 Å². The van der Waals surface area contributed by atoms with Crippen LogP contribution < -0.4 is 0 Å². The van der Waals surface area contributed by atoms with Crippen molar-refractivity contribution >= 4 is 5.78 Å². The van der Waals surface area contributed by atoms with Gasteiger partial charge in [0.1, 0.15) is 0 Å². The molecule has 1 aromatic heterocycles. The number of Topliss-reactive ketones (excluding diaryl/α,β-unsaturated/α-hetero) is 1. The van der Waals surface area contributed by atoms with E-state index >= 15 is 0 Å². The predicted octanol–water partition coefficient (Wildman–Crippen LogP) is 3.38. The zero-order valence-corrected chi connectivity index (χ0v) is 12.6. The Kier molecular flexibility index (Phi) is 4.14. The molecule has 0 unspecified atom stereocenters. The number of ether oxygens (including phenoxy) is 1. The van der Waals surface area contributed by atoms with Crippen LogP contribution in [0.25, 0.3) is 0 Å². The number of aromatic nitrogens is 1. The maximum Gasteiger partial charge on any atom is 0.165 e. The second-order valence-electron chi connectivity index (χ2n) is 6.29. The van der Waals surface area contributed by atoms with Gasteiger partial charge in [0.15, 0.2) is 5.78 Å². The van der Waals surface area contributed by atoms with Crippen LogP contribution >= 0.6 is 0 Å². The zero-order chi connectivity index (χ0) is 14.0. The maximum atomic E-state index is 12.2. The molecule has 106 valence electrons. The summed E-state index contributed by atoms with van der Waals surface area (Å²) in [6.45, 7) is 11.0. The van der Waals surface area contributed by atoms with Gasteiger partial charge in [-0.2, -0.15) is 0 Å². The first kappa shape index (κ1) is 14.3. The molecule has 1 heterocycles. The number of hydrogen-bond acceptors (Lipinski definition) is 2. The summed E-state index contributed by atoms with van der Waals surface area (Å²) in [6.07, 6.45) is 2.67. The van der Waals surface area contributed by atoms with Gasteiger partial charge in [-0.3, -0.25) is 4.79 Å². The van der Waals surface area contributed by atoms with Crippen molar-refractivity contribution in [2.45, 2.75) is 53.5 Å². The van der Waals surface area contributed by atoms with Crippen LogP contribution in [-0.4, -0.2) is 23.6 Å². The van der Waals surface area contributed by atoms with E-state index in [1.54, 1.807) is 0 Å². The van der Waals surface area contributed by atoms with Crippen LogP contribution in [0.2, 0.25) is 0 Å². The summed E-state index contributed by atoms with van der Waals surface area (Å²) < 4.78 is 7.71. The normalized spacial score (nSPS) is 17.6. The lowest BCUT2D eigenvalue weighted by atomic mass is 9.76. The molecular weight excluding hydrogens is 238 g/mol. The van der Waals surface area contributed by atoms with Crippen molar-refractivity contribution in [3.05, 3.63) is 23.0 Å². The van der Waals surface area contributed by atoms with Crippen molar-refractivity contribution in [1.29, 1.82) is 0 Å². The lowest BCUT2D eigenvalue weighted by Crippen LogP contribution is -2.28. The molecule has 0 N–H and O–H groups in total. The highest BCUT2D eigenvalue weighted by molar-refractivity contribution is 5.99. The lowest BCUT2D eigenvalue weighted by molar-refractivity contribution is 0.0909. The smallest absolute Gasteiger partial charge is 0.165 e. The van der Waals surface area contributed by atoms with Gasteiger partial charge in [0, 0.05) is 43.1 Å². The van der Waals surface area contributed by atoms with Crippen LogP contribution in [-0.2, 0) is 17.7 Å². The molecule has 1 aromatic rings. The molecule has 1 aliphatic carbocycles. The third kappa shape index (κ3) is 3.08. The summed E-state index contributed by atoms with van der Waals surface area (Å²) >= 11 is 0. The number of ketones is 1. The van der Waals surface area contributed by atoms with Gasteiger partial charge < -0.3 is 9.30 Å². The first-order valence-electron chi connectivity index (χ1n) is 7.24. The summed E-state index contributed by atoms with van der Waals surface area (Å²) in [6, 6.07) is 2.06. The summed E-state index contributed by atoms with van der Waals surface area (Å²) in [7, 11) is 0. The minimum absolute atomic E-state index is 0.0898. The molecule has 0 bridgehead atoms. The fourth-order valence-electron chi connectivity index (χ4n) is 2.99. The minimum atomic E-state index is 0.0898. The summed E-state index contributed by atoms with van der Waals surface area (Å²) in [5, 5.41) is 0. The Balaban J connectivity index is 2.19. The first-order valence-corrected chi connectivity index (χ1v) is 7.24. The first-order chi connectivity index (χ1) is 8.94. The van der Waals surface area contributed by atoms with E-state index in [4.69, 9.17) is 4.74 Å². The molecule has 0 saturated heterocycles. The standard InChI is InChI=1S/C16H25NO2/c1-5-19-8-6-7-17-12(2)9-13-14(17)10-16(3,4)11-15(13)18/h9H,5-8,10-11H2,1-4H3. The molecule has 0 aliphatic heterocycles. The van der Waals surface area contributed by atoms with E-state index in [0.29, 0.717) is 12.2 Å². The van der Waals surface area contributed by atoms with E-state index in [0.717, 1.165) is 38.2 Å². The Morgan fingerprint density at radius 2 is 2.11 bits per heavy atom. The number of fused-ring (bicyclic) bond motifs is 1. The molecular formula is C16H25NO2.